The topological polar surface area (TPSA) is 86.9 Å². The zero-order valence-electron chi connectivity index (χ0n) is 19.2. The number of morpholine rings is 1. The highest BCUT2D eigenvalue weighted by atomic mass is 35.5. The summed E-state index contributed by atoms with van der Waals surface area (Å²) in [5.74, 6) is 0.0272. The minimum atomic E-state index is -0.351. The van der Waals surface area contributed by atoms with Gasteiger partial charge in [-0.1, -0.05) is 0 Å². The van der Waals surface area contributed by atoms with Gasteiger partial charge in [0, 0.05) is 67.1 Å². The monoisotopic (exact) mass is 508 g/mol. The molecular weight excluding hydrogens is 479 g/mol. The van der Waals surface area contributed by atoms with Crippen molar-refractivity contribution in [3.63, 3.8) is 0 Å². The second kappa shape index (κ2) is 11.3. The molecule has 1 aromatic carbocycles. The van der Waals surface area contributed by atoms with Gasteiger partial charge in [-0.2, -0.15) is 0 Å². The van der Waals surface area contributed by atoms with Gasteiger partial charge in [-0.15, -0.1) is 23.2 Å². The maximum atomic E-state index is 12.8. The molecule has 2 N–H and O–H groups in total. The predicted molar refractivity (Wildman–Crippen MR) is 133 cm³/mol. The van der Waals surface area contributed by atoms with Crippen molar-refractivity contribution >= 4 is 46.5 Å². The number of carbonyl (C=O) groups is 2. The summed E-state index contributed by atoms with van der Waals surface area (Å²) in [6, 6.07) is 5.94. The lowest BCUT2D eigenvalue weighted by Gasteiger charge is -2.35. The van der Waals surface area contributed by atoms with Crippen LogP contribution in [0.15, 0.2) is 24.4 Å². The average Bonchev–Trinajstić information content (AvgIpc) is 3.32. The first-order valence-corrected chi connectivity index (χ1v) is 12.5. The van der Waals surface area contributed by atoms with Crippen LogP contribution >= 0.6 is 23.2 Å². The minimum Gasteiger partial charge on any atom is -0.465 e. The molecule has 3 heterocycles. The number of hydrogen-bond donors (Lipinski definition) is 2. The molecule has 0 bridgehead atoms. The number of anilines is 2. The number of aromatic nitrogens is 1. The van der Waals surface area contributed by atoms with E-state index in [0.29, 0.717) is 30.4 Å². The summed E-state index contributed by atoms with van der Waals surface area (Å²) in [5, 5.41) is 3.13. The van der Waals surface area contributed by atoms with Gasteiger partial charge in [0.2, 0.25) is 0 Å². The van der Waals surface area contributed by atoms with Gasteiger partial charge in [0.1, 0.15) is 5.69 Å². The van der Waals surface area contributed by atoms with Gasteiger partial charge in [-0.25, -0.2) is 4.79 Å². The van der Waals surface area contributed by atoms with E-state index in [-0.39, 0.29) is 23.8 Å². The zero-order valence-corrected chi connectivity index (χ0v) is 20.8. The van der Waals surface area contributed by atoms with Crippen molar-refractivity contribution < 1.29 is 19.1 Å². The van der Waals surface area contributed by atoms with Gasteiger partial charge < -0.3 is 29.6 Å². The first-order valence-electron chi connectivity index (χ1n) is 11.5. The molecule has 34 heavy (non-hydrogen) atoms. The fourth-order valence-corrected chi connectivity index (χ4v) is 5.07. The Balaban J connectivity index is 1.43. The number of carbonyl (C=O) groups excluding carboxylic acids is 2. The van der Waals surface area contributed by atoms with Crippen LogP contribution in [-0.4, -0.2) is 69.4 Å². The van der Waals surface area contributed by atoms with E-state index in [1.807, 2.05) is 12.1 Å². The Morgan fingerprint density at radius 2 is 1.71 bits per heavy atom. The number of amides is 1. The fraction of sp³-hybridized carbons (Fsp3) is 0.500. The number of hydrogen-bond acceptors (Lipinski definition) is 6. The first-order chi connectivity index (χ1) is 16.5. The van der Waals surface area contributed by atoms with Crippen LogP contribution in [0.1, 0.15) is 44.8 Å². The Bertz CT molecular complexity index is 1010. The van der Waals surface area contributed by atoms with Crippen LogP contribution in [0.2, 0.25) is 0 Å². The number of benzene rings is 1. The summed E-state index contributed by atoms with van der Waals surface area (Å²) in [6.07, 6.45) is 3.32. The van der Waals surface area contributed by atoms with E-state index in [1.54, 1.807) is 6.20 Å². The quantitative estimate of drug-likeness (QED) is 0.439. The molecule has 8 nitrogen and oxygen atoms in total. The van der Waals surface area contributed by atoms with Crippen molar-refractivity contribution in [2.45, 2.75) is 30.6 Å². The molecule has 1 amide bonds. The molecule has 0 atom stereocenters. The highest BCUT2D eigenvalue weighted by Crippen LogP contribution is 2.29. The molecule has 0 unspecified atom stereocenters. The SMILES string of the molecule is COC(=O)c1cc(N2CCOCC2)cc(N2CCC(NC(=O)c3[nH]cc(CCl)c3CCl)CC2)c1. The van der Waals surface area contributed by atoms with E-state index < -0.39 is 0 Å². The lowest BCUT2D eigenvalue weighted by molar-refractivity contribution is 0.0600. The Kier molecular flexibility index (Phi) is 8.24. The zero-order chi connectivity index (χ0) is 24.1. The molecule has 2 fully saturated rings. The lowest BCUT2D eigenvalue weighted by Crippen LogP contribution is -2.45. The highest BCUT2D eigenvalue weighted by Gasteiger charge is 2.25. The largest absolute Gasteiger partial charge is 0.465 e. The molecule has 2 saturated heterocycles. The Hall–Kier alpha value is -2.42. The minimum absolute atomic E-state index is 0.0529. The third-order valence-electron chi connectivity index (χ3n) is 6.48. The number of nitrogens with zero attached hydrogens (tertiary/aromatic N) is 2. The number of esters is 1. The Morgan fingerprint density at radius 1 is 1.06 bits per heavy atom. The molecule has 2 aliphatic rings. The fourth-order valence-electron chi connectivity index (χ4n) is 4.53. The summed E-state index contributed by atoms with van der Waals surface area (Å²) >= 11 is 12.0. The number of ether oxygens (including phenoxy) is 2. The lowest BCUT2D eigenvalue weighted by atomic mass is 10.0. The standard InChI is InChI=1S/C24H30Cl2N4O4/c1-33-24(32)16-10-19(12-20(11-16)30-6-8-34-9-7-30)29-4-2-18(3-5-29)28-23(31)22-21(14-26)17(13-25)15-27-22/h10-12,15,18,27H,2-9,13-14H2,1H3,(H,28,31). The third-order valence-corrected chi connectivity index (χ3v) is 7.04. The smallest absolute Gasteiger partial charge is 0.337 e. The molecule has 0 aliphatic carbocycles. The van der Waals surface area contributed by atoms with Gasteiger partial charge in [0.25, 0.3) is 5.91 Å². The van der Waals surface area contributed by atoms with E-state index in [1.165, 1.54) is 7.11 Å². The third kappa shape index (κ3) is 5.45. The second-order valence-electron chi connectivity index (χ2n) is 8.50. The predicted octanol–water partition coefficient (Wildman–Crippen LogP) is 3.51. The van der Waals surface area contributed by atoms with Crippen LogP contribution in [0.4, 0.5) is 11.4 Å². The number of aromatic amines is 1. The van der Waals surface area contributed by atoms with E-state index in [4.69, 9.17) is 32.7 Å². The van der Waals surface area contributed by atoms with Crippen molar-refractivity contribution in [1.82, 2.24) is 10.3 Å². The number of alkyl halides is 2. The molecule has 184 valence electrons. The molecule has 2 aliphatic heterocycles. The maximum absolute atomic E-state index is 12.8. The Morgan fingerprint density at radius 3 is 2.29 bits per heavy atom. The van der Waals surface area contributed by atoms with Crippen LogP contribution in [-0.2, 0) is 21.2 Å². The normalized spacial score (nSPS) is 17.0. The van der Waals surface area contributed by atoms with Gasteiger partial charge in [-0.05, 0) is 36.6 Å². The highest BCUT2D eigenvalue weighted by molar-refractivity contribution is 6.19. The van der Waals surface area contributed by atoms with E-state index in [2.05, 4.69) is 26.2 Å². The number of piperidine rings is 1. The van der Waals surface area contributed by atoms with Crippen molar-refractivity contribution in [3.05, 3.63) is 46.8 Å². The van der Waals surface area contributed by atoms with Crippen molar-refractivity contribution in [1.29, 1.82) is 0 Å². The Labute approximate surface area is 209 Å². The summed E-state index contributed by atoms with van der Waals surface area (Å²) in [4.78, 5) is 32.6. The number of H-pyrrole nitrogens is 1. The van der Waals surface area contributed by atoms with Gasteiger partial charge in [-0.3, -0.25) is 4.79 Å². The second-order valence-corrected chi connectivity index (χ2v) is 9.03. The van der Waals surface area contributed by atoms with Crippen molar-refractivity contribution in [2.24, 2.45) is 0 Å². The number of nitrogens with one attached hydrogen (secondary N) is 2. The van der Waals surface area contributed by atoms with Crippen LogP contribution in [0.5, 0.6) is 0 Å². The van der Waals surface area contributed by atoms with Crippen LogP contribution < -0.4 is 15.1 Å². The summed E-state index contributed by atoms with van der Waals surface area (Å²) < 4.78 is 10.5. The van der Waals surface area contributed by atoms with Crippen molar-refractivity contribution in [3.8, 4) is 0 Å². The molecule has 1 aromatic heterocycles. The van der Waals surface area contributed by atoms with Crippen molar-refractivity contribution in [2.75, 3.05) is 56.3 Å². The van der Waals surface area contributed by atoms with Gasteiger partial charge >= 0.3 is 5.97 Å². The number of rotatable bonds is 7. The number of methoxy groups -OCH3 is 1. The summed E-state index contributed by atoms with van der Waals surface area (Å²) in [6.45, 7) is 4.43. The summed E-state index contributed by atoms with van der Waals surface area (Å²) in [5.41, 5.74) is 4.59. The van der Waals surface area contributed by atoms with E-state index in [0.717, 1.165) is 61.5 Å². The molecular formula is C24H30Cl2N4O4. The average molecular weight is 509 g/mol. The first kappa shape index (κ1) is 24.7. The van der Waals surface area contributed by atoms with E-state index >= 15 is 0 Å². The number of halogens is 2. The molecule has 0 spiro atoms. The molecule has 10 heteroatoms. The van der Waals surface area contributed by atoms with E-state index in [9.17, 15) is 9.59 Å². The molecule has 2 aromatic rings. The van der Waals surface area contributed by atoms with Gasteiger partial charge in [0.15, 0.2) is 0 Å². The van der Waals surface area contributed by atoms with Crippen LogP contribution in [0, 0.1) is 0 Å². The summed E-state index contributed by atoms with van der Waals surface area (Å²) in [7, 11) is 1.40. The van der Waals surface area contributed by atoms with Crippen LogP contribution in [0.25, 0.3) is 0 Å². The van der Waals surface area contributed by atoms with Gasteiger partial charge in [0.05, 0.1) is 25.9 Å². The molecule has 0 radical (unpaired) electrons. The van der Waals surface area contributed by atoms with Crippen LogP contribution in [0.3, 0.4) is 0 Å². The maximum Gasteiger partial charge on any atom is 0.337 e. The molecule has 4 rings (SSSR count). The molecule has 0 saturated carbocycles.